The van der Waals surface area contributed by atoms with Gasteiger partial charge < -0.3 is 4.74 Å². The summed E-state index contributed by atoms with van der Waals surface area (Å²) in [6, 6.07) is 1.28. The third kappa shape index (κ3) is 2.95. The summed E-state index contributed by atoms with van der Waals surface area (Å²) in [6.07, 6.45) is -4.60. The van der Waals surface area contributed by atoms with E-state index in [1.165, 1.54) is 23.8 Å². The number of carbonyl (C=O) groups is 1. The van der Waals surface area contributed by atoms with Crippen LogP contribution in [0.3, 0.4) is 0 Å². The van der Waals surface area contributed by atoms with Crippen LogP contribution in [-0.4, -0.2) is 18.8 Å². The van der Waals surface area contributed by atoms with Crippen molar-refractivity contribution in [2.45, 2.75) is 19.0 Å². The number of thiophene rings is 1. The minimum absolute atomic E-state index is 0.0600. The van der Waals surface area contributed by atoms with E-state index < -0.39 is 18.1 Å². The fourth-order valence-electron chi connectivity index (χ4n) is 1.12. The summed E-state index contributed by atoms with van der Waals surface area (Å²) in [4.78, 5) is 11.2. The highest BCUT2D eigenvalue weighted by Crippen LogP contribution is 2.36. The van der Waals surface area contributed by atoms with Crippen molar-refractivity contribution in [3.63, 3.8) is 0 Å². The van der Waals surface area contributed by atoms with E-state index in [1.807, 2.05) is 0 Å². The highest BCUT2D eigenvalue weighted by molar-refractivity contribution is 7.08. The molecule has 1 aromatic heterocycles. The second-order valence-electron chi connectivity index (χ2n) is 2.78. The van der Waals surface area contributed by atoms with Gasteiger partial charge in [-0.2, -0.15) is 24.5 Å². The van der Waals surface area contributed by atoms with Crippen LogP contribution in [0.1, 0.15) is 18.4 Å². The second kappa shape index (κ2) is 4.65. The van der Waals surface area contributed by atoms with Crippen molar-refractivity contribution in [3.05, 3.63) is 22.4 Å². The molecule has 0 radical (unpaired) electrons. The quantitative estimate of drug-likeness (QED) is 0.757. The monoisotopic (exact) mass is 238 g/mol. The molecular weight excluding hydrogens is 229 g/mol. The standard InChI is InChI=1S/C9H9F3O2S/c1-2-14-8(13)7(9(10,11)12)6-3-4-15-5-6/h3-5,7H,2H2,1H3/t7-/m1/s1. The Morgan fingerprint density at radius 3 is 2.67 bits per heavy atom. The summed E-state index contributed by atoms with van der Waals surface area (Å²) in [5.41, 5.74) is -0.0639. The van der Waals surface area contributed by atoms with Crippen molar-refractivity contribution in [1.29, 1.82) is 0 Å². The Balaban J connectivity index is 2.94. The molecule has 1 heterocycles. The molecule has 0 saturated heterocycles. The first kappa shape index (κ1) is 12.0. The molecule has 0 aliphatic rings. The van der Waals surface area contributed by atoms with Crippen molar-refractivity contribution in [3.8, 4) is 0 Å². The van der Waals surface area contributed by atoms with Gasteiger partial charge in [-0.15, -0.1) is 0 Å². The summed E-state index contributed by atoms with van der Waals surface area (Å²) < 4.78 is 42.1. The van der Waals surface area contributed by atoms with Crippen LogP contribution in [0.2, 0.25) is 0 Å². The Hall–Kier alpha value is -1.04. The highest BCUT2D eigenvalue weighted by atomic mass is 32.1. The van der Waals surface area contributed by atoms with E-state index in [9.17, 15) is 18.0 Å². The zero-order valence-corrected chi connectivity index (χ0v) is 8.69. The predicted molar refractivity (Wildman–Crippen MR) is 49.7 cm³/mol. The van der Waals surface area contributed by atoms with Gasteiger partial charge in [0.1, 0.15) is 0 Å². The molecule has 2 nitrogen and oxygen atoms in total. The molecule has 0 N–H and O–H groups in total. The van der Waals surface area contributed by atoms with E-state index >= 15 is 0 Å². The average molecular weight is 238 g/mol. The second-order valence-corrected chi connectivity index (χ2v) is 3.56. The number of rotatable bonds is 3. The largest absolute Gasteiger partial charge is 0.465 e. The predicted octanol–water partition coefficient (Wildman–Crippen LogP) is 2.96. The van der Waals surface area contributed by atoms with Crippen LogP contribution < -0.4 is 0 Å². The van der Waals surface area contributed by atoms with Gasteiger partial charge in [-0.3, -0.25) is 4.79 Å². The number of alkyl halides is 3. The average Bonchev–Trinajstić information content (AvgIpc) is 2.55. The summed E-state index contributed by atoms with van der Waals surface area (Å²) in [7, 11) is 0. The van der Waals surface area contributed by atoms with Crippen LogP contribution >= 0.6 is 11.3 Å². The van der Waals surface area contributed by atoms with E-state index in [4.69, 9.17) is 0 Å². The number of hydrogen-bond donors (Lipinski definition) is 0. The minimum Gasteiger partial charge on any atom is -0.465 e. The summed E-state index contributed by atoms with van der Waals surface area (Å²) >= 11 is 1.11. The molecule has 84 valence electrons. The first-order chi connectivity index (χ1) is 6.96. The maximum absolute atomic E-state index is 12.6. The Labute approximate surface area is 88.7 Å². The number of ether oxygens (including phenoxy) is 1. The molecule has 0 aliphatic carbocycles. The van der Waals surface area contributed by atoms with Crippen LogP contribution in [0, 0.1) is 0 Å². The van der Waals surface area contributed by atoms with Gasteiger partial charge in [-0.25, -0.2) is 0 Å². The lowest BCUT2D eigenvalue weighted by molar-refractivity contribution is -0.180. The topological polar surface area (TPSA) is 26.3 Å². The van der Waals surface area contributed by atoms with Crippen LogP contribution in [-0.2, 0) is 9.53 Å². The molecule has 6 heteroatoms. The molecule has 15 heavy (non-hydrogen) atoms. The third-order valence-corrected chi connectivity index (χ3v) is 2.43. The third-order valence-electron chi connectivity index (χ3n) is 1.73. The fraction of sp³-hybridized carbons (Fsp3) is 0.444. The number of carbonyl (C=O) groups excluding carboxylic acids is 1. The molecule has 1 aromatic rings. The van der Waals surface area contributed by atoms with Crippen LogP contribution in [0.5, 0.6) is 0 Å². The molecule has 0 aromatic carbocycles. The number of hydrogen-bond acceptors (Lipinski definition) is 3. The van der Waals surface area contributed by atoms with Crippen LogP contribution in [0.25, 0.3) is 0 Å². The van der Waals surface area contributed by atoms with Gasteiger partial charge in [0.15, 0.2) is 5.92 Å². The molecule has 0 aliphatic heterocycles. The van der Waals surface area contributed by atoms with E-state index in [1.54, 1.807) is 0 Å². The highest BCUT2D eigenvalue weighted by Gasteiger charge is 2.47. The molecule has 0 fully saturated rings. The van der Waals surface area contributed by atoms with E-state index in [0.717, 1.165) is 11.3 Å². The first-order valence-corrected chi connectivity index (χ1v) is 5.16. The normalized spacial score (nSPS) is 13.6. The fourth-order valence-corrected chi connectivity index (χ4v) is 1.81. The molecule has 1 atom stereocenters. The first-order valence-electron chi connectivity index (χ1n) is 4.22. The summed E-state index contributed by atoms with van der Waals surface area (Å²) in [6.45, 7) is 1.41. The molecule has 0 amide bonds. The Bertz CT molecular complexity index is 319. The van der Waals surface area contributed by atoms with Crippen molar-refractivity contribution >= 4 is 17.3 Å². The van der Waals surface area contributed by atoms with Crippen molar-refractivity contribution in [2.75, 3.05) is 6.61 Å². The van der Waals surface area contributed by atoms with Gasteiger partial charge in [-0.05, 0) is 29.3 Å². The van der Waals surface area contributed by atoms with Gasteiger partial charge in [-0.1, -0.05) is 0 Å². The maximum atomic E-state index is 12.6. The van der Waals surface area contributed by atoms with Crippen molar-refractivity contribution < 1.29 is 22.7 Å². The van der Waals surface area contributed by atoms with E-state index in [2.05, 4.69) is 4.74 Å². The van der Waals surface area contributed by atoms with Gasteiger partial charge in [0, 0.05) is 0 Å². The number of esters is 1. The van der Waals surface area contributed by atoms with Gasteiger partial charge in [0.05, 0.1) is 6.61 Å². The lowest BCUT2D eigenvalue weighted by Gasteiger charge is -2.17. The van der Waals surface area contributed by atoms with Gasteiger partial charge >= 0.3 is 12.1 Å². The summed E-state index contributed by atoms with van der Waals surface area (Å²) in [5, 5.41) is 2.79. The lowest BCUT2D eigenvalue weighted by atomic mass is 10.0. The Morgan fingerprint density at radius 1 is 1.60 bits per heavy atom. The molecule has 0 saturated carbocycles. The SMILES string of the molecule is CCOC(=O)[C@@H](c1ccsc1)C(F)(F)F. The molecule has 0 unspecified atom stereocenters. The zero-order chi connectivity index (χ0) is 11.5. The van der Waals surface area contributed by atoms with Crippen molar-refractivity contribution in [2.24, 2.45) is 0 Å². The van der Waals surface area contributed by atoms with Crippen molar-refractivity contribution in [1.82, 2.24) is 0 Å². The van der Waals surface area contributed by atoms with Gasteiger partial charge in [0.2, 0.25) is 0 Å². The molecular formula is C9H9F3O2S. The maximum Gasteiger partial charge on any atom is 0.406 e. The van der Waals surface area contributed by atoms with Crippen LogP contribution in [0.4, 0.5) is 13.2 Å². The van der Waals surface area contributed by atoms with E-state index in [0.29, 0.717) is 0 Å². The Kier molecular flexibility index (Phi) is 3.73. The molecule has 1 rings (SSSR count). The number of halogens is 3. The Morgan fingerprint density at radius 2 is 2.27 bits per heavy atom. The molecule has 0 spiro atoms. The minimum atomic E-state index is -4.60. The van der Waals surface area contributed by atoms with E-state index in [-0.39, 0.29) is 12.2 Å². The lowest BCUT2D eigenvalue weighted by Crippen LogP contribution is -2.29. The summed E-state index contributed by atoms with van der Waals surface area (Å²) in [5.74, 6) is -3.41. The molecule has 0 bridgehead atoms. The van der Waals surface area contributed by atoms with Gasteiger partial charge in [0.25, 0.3) is 0 Å². The smallest absolute Gasteiger partial charge is 0.406 e. The van der Waals surface area contributed by atoms with Crippen LogP contribution in [0.15, 0.2) is 16.8 Å². The zero-order valence-electron chi connectivity index (χ0n) is 7.88.